The first-order chi connectivity index (χ1) is 13.9. The lowest BCUT2D eigenvalue weighted by Crippen LogP contribution is -2.38. The van der Waals surface area contributed by atoms with E-state index in [0.717, 1.165) is 58.5 Å². The molecule has 2 fully saturated rings. The number of hydrogen-bond acceptors (Lipinski definition) is 5. The maximum Gasteiger partial charge on any atom is 0.251 e. The smallest absolute Gasteiger partial charge is 0.251 e. The van der Waals surface area contributed by atoms with Gasteiger partial charge in [0.25, 0.3) is 5.91 Å². The molecule has 162 valence electrons. The van der Waals surface area contributed by atoms with Crippen LogP contribution in [0, 0.1) is 5.92 Å². The molecule has 2 saturated heterocycles. The van der Waals surface area contributed by atoms with Crippen molar-refractivity contribution in [3.8, 4) is 0 Å². The van der Waals surface area contributed by atoms with Crippen LogP contribution in [0.3, 0.4) is 0 Å². The zero-order valence-electron chi connectivity index (χ0n) is 17.3. The predicted molar refractivity (Wildman–Crippen MR) is 113 cm³/mol. The molecule has 2 aliphatic rings. The summed E-state index contributed by atoms with van der Waals surface area (Å²) in [6.07, 6.45) is 4.92. The van der Waals surface area contributed by atoms with Gasteiger partial charge in [-0.25, -0.2) is 12.7 Å². The van der Waals surface area contributed by atoms with Crippen molar-refractivity contribution in [3.63, 3.8) is 0 Å². The summed E-state index contributed by atoms with van der Waals surface area (Å²) in [5.74, 6) is 0.466. The third-order valence-corrected chi connectivity index (χ3v) is 7.13. The third-order valence-electron chi connectivity index (χ3n) is 5.82. The molecule has 1 N–H and O–H groups in total. The van der Waals surface area contributed by atoms with Crippen LogP contribution in [0.5, 0.6) is 0 Å². The number of ether oxygens (including phenoxy) is 1. The lowest BCUT2D eigenvalue weighted by atomic mass is 9.91. The summed E-state index contributed by atoms with van der Waals surface area (Å²) in [7, 11) is -3.07. The van der Waals surface area contributed by atoms with Crippen LogP contribution in [0.1, 0.15) is 35.2 Å². The molecule has 1 aromatic rings. The number of piperidine rings is 1. The Hall–Kier alpha value is -1.48. The number of rotatable bonds is 8. The molecule has 0 spiro atoms. The molecule has 0 unspecified atom stereocenters. The molecule has 0 atom stereocenters. The molecule has 29 heavy (non-hydrogen) atoms. The molecular weight excluding hydrogens is 390 g/mol. The van der Waals surface area contributed by atoms with E-state index in [1.807, 2.05) is 24.3 Å². The highest BCUT2D eigenvalue weighted by Gasteiger charge is 2.24. The largest absolute Gasteiger partial charge is 0.379 e. The summed E-state index contributed by atoms with van der Waals surface area (Å²) >= 11 is 0. The Morgan fingerprint density at radius 1 is 1.10 bits per heavy atom. The second kappa shape index (κ2) is 10.5. The van der Waals surface area contributed by atoms with Crippen molar-refractivity contribution in [1.29, 1.82) is 0 Å². The topological polar surface area (TPSA) is 79.0 Å². The number of morpholine rings is 1. The summed E-state index contributed by atoms with van der Waals surface area (Å²) in [6.45, 7) is 6.43. The van der Waals surface area contributed by atoms with Gasteiger partial charge in [-0.3, -0.25) is 9.69 Å². The van der Waals surface area contributed by atoms with Crippen LogP contribution in [0.15, 0.2) is 24.3 Å². The maximum atomic E-state index is 12.3. The Labute approximate surface area is 174 Å². The highest BCUT2D eigenvalue weighted by Crippen LogP contribution is 2.23. The predicted octanol–water partition coefficient (Wildman–Crippen LogP) is 1.35. The van der Waals surface area contributed by atoms with Crippen molar-refractivity contribution in [2.75, 3.05) is 58.7 Å². The molecule has 1 aromatic carbocycles. The number of sulfonamides is 1. The second-order valence-corrected chi connectivity index (χ2v) is 10.1. The van der Waals surface area contributed by atoms with Gasteiger partial charge in [-0.15, -0.1) is 0 Å². The lowest BCUT2D eigenvalue weighted by molar-refractivity contribution is 0.0374. The van der Waals surface area contributed by atoms with Gasteiger partial charge in [-0.1, -0.05) is 12.1 Å². The van der Waals surface area contributed by atoms with Gasteiger partial charge in [0.05, 0.1) is 19.5 Å². The number of hydrogen-bond donors (Lipinski definition) is 1. The van der Waals surface area contributed by atoms with Crippen molar-refractivity contribution in [2.45, 2.75) is 25.7 Å². The minimum absolute atomic E-state index is 0.0278. The van der Waals surface area contributed by atoms with Crippen molar-refractivity contribution in [2.24, 2.45) is 5.92 Å². The normalized spacial score (nSPS) is 19.9. The van der Waals surface area contributed by atoms with Crippen LogP contribution in [-0.4, -0.2) is 82.3 Å². The number of nitrogens with zero attached hydrogens (tertiary/aromatic N) is 2. The number of carbonyl (C=O) groups is 1. The van der Waals surface area contributed by atoms with Crippen LogP contribution in [-0.2, 0) is 21.2 Å². The van der Waals surface area contributed by atoms with Crippen molar-refractivity contribution in [3.05, 3.63) is 35.4 Å². The van der Waals surface area contributed by atoms with E-state index in [9.17, 15) is 13.2 Å². The first-order valence-corrected chi connectivity index (χ1v) is 12.4. The molecule has 7 nitrogen and oxygen atoms in total. The number of nitrogens with one attached hydrogen (secondary N) is 1. The fourth-order valence-electron chi connectivity index (χ4n) is 4.00. The Kier molecular flexibility index (Phi) is 8.06. The molecule has 2 aliphatic heterocycles. The summed E-state index contributed by atoms with van der Waals surface area (Å²) in [4.78, 5) is 14.7. The molecule has 8 heteroatoms. The van der Waals surface area contributed by atoms with Gasteiger partial charge in [-0.2, -0.15) is 0 Å². The Morgan fingerprint density at radius 3 is 2.38 bits per heavy atom. The van der Waals surface area contributed by atoms with E-state index in [4.69, 9.17) is 4.74 Å². The average molecular weight is 424 g/mol. The first-order valence-electron chi connectivity index (χ1n) is 10.5. The van der Waals surface area contributed by atoms with Gasteiger partial charge in [-0.05, 0) is 55.8 Å². The van der Waals surface area contributed by atoms with Gasteiger partial charge in [0, 0.05) is 38.3 Å². The third kappa shape index (κ3) is 7.06. The Balaban J connectivity index is 1.37. The van der Waals surface area contributed by atoms with Crippen molar-refractivity contribution >= 4 is 15.9 Å². The lowest BCUT2D eigenvalue weighted by Gasteiger charge is -2.30. The maximum absolute atomic E-state index is 12.3. The van der Waals surface area contributed by atoms with Crippen LogP contribution in [0.2, 0.25) is 0 Å². The zero-order valence-corrected chi connectivity index (χ0v) is 18.1. The molecule has 1 amide bonds. The molecule has 0 aromatic heterocycles. The van der Waals surface area contributed by atoms with Gasteiger partial charge < -0.3 is 10.1 Å². The van der Waals surface area contributed by atoms with Crippen LogP contribution in [0.4, 0.5) is 0 Å². The Bertz CT molecular complexity index is 753. The number of amides is 1. The van der Waals surface area contributed by atoms with Gasteiger partial charge in [0.1, 0.15) is 0 Å². The van der Waals surface area contributed by atoms with Gasteiger partial charge >= 0.3 is 0 Å². The van der Waals surface area contributed by atoms with E-state index in [1.165, 1.54) is 11.8 Å². The van der Waals surface area contributed by atoms with Crippen molar-refractivity contribution < 1.29 is 17.9 Å². The summed E-state index contributed by atoms with van der Waals surface area (Å²) in [5.41, 5.74) is 1.89. The second-order valence-electron chi connectivity index (χ2n) is 8.07. The Morgan fingerprint density at radius 2 is 1.76 bits per heavy atom. The van der Waals surface area contributed by atoms with E-state index in [2.05, 4.69) is 10.2 Å². The quantitative estimate of drug-likeness (QED) is 0.639. The van der Waals surface area contributed by atoms with Crippen LogP contribution < -0.4 is 5.32 Å². The zero-order chi connectivity index (χ0) is 20.7. The number of benzene rings is 1. The standard InChI is InChI=1S/C21H33N3O4S/c1-29(26,27)24-11-7-19(8-12-24)17-18-3-5-20(6-4-18)21(25)22-9-2-10-23-13-15-28-16-14-23/h3-6,19H,2,7-17H2,1H3,(H,22,25). The van der Waals surface area contributed by atoms with Crippen LogP contribution in [0.25, 0.3) is 0 Å². The molecule has 0 saturated carbocycles. The fraction of sp³-hybridized carbons (Fsp3) is 0.667. The minimum atomic E-state index is -3.07. The van der Waals surface area contributed by atoms with E-state index < -0.39 is 10.0 Å². The first kappa shape index (κ1) is 22.2. The molecule has 0 bridgehead atoms. The summed E-state index contributed by atoms with van der Waals surface area (Å²) in [6, 6.07) is 7.81. The van der Waals surface area contributed by atoms with E-state index >= 15 is 0 Å². The van der Waals surface area contributed by atoms with E-state index in [1.54, 1.807) is 4.31 Å². The summed E-state index contributed by atoms with van der Waals surface area (Å²) < 4.78 is 30.1. The van der Waals surface area contributed by atoms with E-state index in [0.29, 0.717) is 31.1 Å². The average Bonchev–Trinajstić information content (AvgIpc) is 2.72. The highest BCUT2D eigenvalue weighted by molar-refractivity contribution is 7.88. The number of carbonyl (C=O) groups excluding carboxylic acids is 1. The van der Waals surface area contributed by atoms with Crippen molar-refractivity contribution in [1.82, 2.24) is 14.5 Å². The molecule has 0 radical (unpaired) electrons. The summed E-state index contributed by atoms with van der Waals surface area (Å²) in [5, 5.41) is 3.00. The van der Waals surface area contributed by atoms with Gasteiger partial charge in [0.2, 0.25) is 10.0 Å². The SMILES string of the molecule is CS(=O)(=O)N1CCC(Cc2ccc(C(=O)NCCCN3CCOCC3)cc2)CC1. The highest BCUT2D eigenvalue weighted by atomic mass is 32.2. The van der Waals surface area contributed by atoms with E-state index in [-0.39, 0.29) is 5.91 Å². The molecular formula is C21H33N3O4S. The van der Waals surface area contributed by atoms with Crippen LogP contribution >= 0.6 is 0 Å². The fourth-order valence-corrected chi connectivity index (χ4v) is 4.88. The van der Waals surface area contributed by atoms with Gasteiger partial charge in [0.15, 0.2) is 0 Å². The molecule has 3 rings (SSSR count). The molecule has 0 aliphatic carbocycles. The monoisotopic (exact) mass is 423 g/mol. The molecule has 2 heterocycles. The minimum Gasteiger partial charge on any atom is -0.379 e.